The fraction of sp³-hybridized carbons (Fsp3) is 0.429. The van der Waals surface area contributed by atoms with E-state index in [0.29, 0.717) is 11.6 Å². The number of thioether (sulfide) groups is 1. The third-order valence-corrected chi connectivity index (χ3v) is 4.26. The molecule has 1 fully saturated rings. The van der Waals surface area contributed by atoms with E-state index in [1.807, 2.05) is 32.0 Å². The van der Waals surface area contributed by atoms with Crippen LogP contribution in [0, 0.1) is 13.8 Å². The summed E-state index contributed by atoms with van der Waals surface area (Å²) in [6, 6.07) is 5.46. The van der Waals surface area contributed by atoms with Crippen molar-refractivity contribution in [2.24, 2.45) is 0 Å². The molecule has 0 spiro atoms. The molecule has 1 aromatic rings. The van der Waals surface area contributed by atoms with E-state index in [4.69, 9.17) is 0 Å². The number of amides is 2. The molecule has 19 heavy (non-hydrogen) atoms. The summed E-state index contributed by atoms with van der Waals surface area (Å²) < 4.78 is 0. The second-order valence-corrected chi connectivity index (χ2v) is 5.73. The summed E-state index contributed by atoms with van der Waals surface area (Å²) in [6.45, 7) is 5.70. The third kappa shape index (κ3) is 2.92. The fourth-order valence-electron chi connectivity index (χ4n) is 2.09. The maximum absolute atomic E-state index is 12.2. The first-order chi connectivity index (χ1) is 9.00. The molecule has 1 saturated heterocycles. The molecule has 1 N–H and O–H groups in total. The van der Waals surface area contributed by atoms with E-state index in [1.54, 1.807) is 23.6 Å². The van der Waals surface area contributed by atoms with Gasteiger partial charge in [-0.3, -0.25) is 9.59 Å². The van der Waals surface area contributed by atoms with Crippen LogP contribution in [0.3, 0.4) is 0 Å². The van der Waals surface area contributed by atoms with Gasteiger partial charge in [-0.2, -0.15) is 0 Å². The van der Waals surface area contributed by atoms with Crippen molar-refractivity contribution in [1.29, 1.82) is 0 Å². The summed E-state index contributed by atoms with van der Waals surface area (Å²) in [5, 5.41) is 2.93. The van der Waals surface area contributed by atoms with Crippen LogP contribution in [0.25, 0.3) is 0 Å². The van der Waals surface area contributed by atoms with E-state index in [9.17, 15) is 9.59 Å². The van der Waals surface area contributed by atoms with Gasteiger partial charge in [-0.25, -0.2) is 0 Å². The Bertz CT molecular complexity index is 496. The topological polar surface area (TPSA) is 49.4 Å². The van der Waals surface area contributed by atoms with E-state index in [0.717, 1.165) is 16.8 Å². The summed E-state index contributed by atoms with van der Waals surface area (Å²) in [5.41, 5.74) is 2.91. The molecular weight excluding hydrogens is 260 g/mol. The predicted octanol–water partition coefficient (Wildman–Crippen LogP) is 2.16. The van der Waals surface area contributed by atoms with Gasteiger partial charge in [-0.15, -0.1) is 11.8 Å². The summed E-state index contributed by atoms with van der Waals surface area (Å²) in [6.07, 6.45) is 0. The molecule has 0 aliphatic carbocycles. The monoisotopic (exact) mass is 278 g/mol. The number of rotatable bonds is 3. The van der Waals surface area contributed by atoms with Gasteiger partial charge >= 0.3 is 0 Å². The molecule has 1 aromatic carbocycles. The van der Waals surface area contributed by atoms with Crippen LogP contribution >= 0.6 is 11.8 Å². The zero-order valence-corrected chi connectivity index (χ0v) is 12.2. The number of anilines is 1. The number of nitrogens with one attached hydrogen (secondary N) is 1. The number of nitrogens with zero attached hydrogens (tertiary/aromatic N) is 1. The molecule has 5 heteroatoms. The van der Waals surface area contributed by atoms with E-state index < -0.39 is 6.04 Å². The standard InChI is InChI=1S/C14H18N2O2S/c1-9-5-4-6-10(2)13(9)15-14(18)11(3)16-8-19-7-12(16)17/h4-6,11H,7-8H2,1-3H3,(H,15,18). The zero-order valence-electron chi connectivity index (χ0n) is 11.4. The molecular formula is C14H18N2O2S. The lowest BCUT2D eigenvalue weighted by Gasteiger charge is -2.23. The summed E-state index contributed by atoms with van der Waals surface area (Å²) in [7, 11) is 0. The number of aryl methyl sites for hydroxylation is 2. The molecule has 1 unspecified atom stereocenters. The highest BCUT2D eigenvalue weighted by Gasteiger charge is 2.30. The van der Waals surface area contributed by atoms with Crippen LogP contribution in [-0.2, 0) is 9.59 Å². The van der Waals surface area contributed by atoms with Crippen LogP contribution in [0.15, 0.2) is 18.2 Å². The van der Waals surface area contributed by atoms with Gasteiger partial charge in [0.2, 0.25) is 11.8 Å². The Morgan fingerprint density at radius 2 is 2.00 bits per heavy atom. The van der Waals surface area contributed by atoms with Crippen molar-refractivity contribution in [3.05, 3.63) is 29.3 Å². The minimum atomic E-state index is -0.429. The Balaban J connectivity index is 2.10. The second-order valence-electron chi connectivity index (χ2n) is 4.77. The first-order valence-electron chi connectivity index (χ1n) is 6.25. The van der Waals surface area contributed by atoms with E-state index in [2.05, 4.69) is 5.32 Å². The van der Waals surface area contributed by atoms with Gasteiger partial charge in [0.15, 0.2) is 0 Å². The molecule has 0 bridgehead atoms. The molecule has 1 heterocycles. The van der Waals surface area contributed by atoms with Crippen molar-refractivity contribution < 1.29 is 9.59 Å². The summed E-state index contributed by atoms with van der Waals surface area (Å²) in [4.78, 5) is 25.5. The molecule has 4 nitrogen and oxygen atoms in total. The maximum Gasteiger partial charge on any atom is 0.246 e. The van der Waals surface area contributed by atoms with Crippen molar-refractivity contribution in [3.8, 4) is 0 Å². The van der Waals surface area contributed by atoms with Crippen molar-refractivity contribution in [2.75, 3.05) is 16.9 Å². The largest absolute Gasteiger partial charge is 0.324 e. The van der Waals surface area contributed by atoms with Crippen LogP contribution in [0.2, 0.25) is 0 Å². The minimum absolute atomic E-state index is 0.0363. The van der Waals surface area contributed by atoms with Crippen molar-refractivity contribution in [3.63, 3.8) is 0 Å². The average molecular weight is 278 g/mol. The average Bonchev–Trinajstić information content (AvgIpc) is 2.79. The van der Waals surface area contributed by atoms with Crippen LogP contribution in [0.1, 0.15) is 18.1 Å². The first-order valence-corrected chi connectivity index (χ1v) is 7.40. The van der Waals surface area contributed by atoms with E-state index in [-0.39, 0.29) is 11.8 Å². The number of hydrogen-bond acceptors (Lipinski definition) is 3. The lowest BCUT2D eigenvalue weighted by Crippen LogP contribution is -2.43. The van der Waals surface area contributed by atoms with Gasteiger partial charge in [0, 0.05) is 5.69 Å². The van der Waals surface area contributed by atoms with Gasteiger partial charge in [0.05, 0.1) is 11.6 Å². The van der Waals surface area contributed by atoms with Gasteiger partial charge in [-0.05, 0) is 31.9 Å². The fourth-order valence-corrected chi connectivity index (χ4v) is 3.09. The van der Waals surface area contributed by atoms with Crippen molar-refractivity contribution >= 4 is 29.3 Å². The van der Waals surface area contributed by atoms with E-state index in [1.165, 1.54) is 0 Å². The molecule has 1 aliphatic rings. The van der Waals surface area contributed by atoms with Gasteiger partial charge in [0.25, 0.3) is 0 Å². The Kier molecular flexibility index (Phi) is 4.14. The SMILES string of the molecule is Cc1cccc(C)c1NC(=O)C(C)N1CSCC1=O. The highest BCUT2D eigenvalue weighted by molar-refractivity contribution is 8.00. The zero-order chi connectivity index (χ0) is 14.0. The molecule has 0 saturated carbocycles. The number of hydrogen-bond donors (Lipinski definition) is 1. The highest BCUT2D eigenvalue weighted by atomic mass is 32.2. The molecule has 2 rings (SSSR count). The molecule has 1 aliphatic heterocycles. The number of carbonyl (C=O) groups excluding carboxylic acids is 2. The second kappa shape index (κ2) is 5.65. The van der Waals surface area contributed by atoms with Gasteiger partial charge in [0.1, 0.15) is 6.04 Å². The van der Waals surface area contributed by atoms with Crippen molar-refractivity contribution in [2.45, 2.75) is 26.8 Å². The first kappa shape index (κ1) is 13.9. The Morgan fingerprint density at radius 1 is 1.37 bits per heavy atom. The normalized spacial score (nSPS) is 16.6. The van der Waals surface area contributed by atoms with Gasteiger partial charge in [-0.1, -0.05) is 18.2 Å². The summed E-state index contributed by atoms with van der Waals surface area (Å²) in [5.74, 6) is 0.976. The van der Waals surface area contributed by atoms with Gasteiger partial charge < -0.3 is 10.2 Å². The highest BCUT2D eigenvalue weighted by Crippen LogP contribution is 2.22. The van der Waals surface area contributed by atoms with Crippen molar-refractivity contribution in [1.82, 2.24) is 4.90 Å². The molecule has 2 amide bonds. The quantitative estimate of drug-likeness (QED) is 0.922. The maximum atomic E-state index is 12.2. The van der Waals surface area contributed by atoms with E-state index >= 15 is 0 Å². The summed E-state index contributed by atoms with van der Waals surface area (Å²) >= 11 is 1.55. The lowest BCUT2D eigenvalue weighted by molar-refractivity contribution is -0.133. The molecule has 102 valence electrons. The lowest BCUT2D eigenvalue weighted by atomic mass is 10.1. The van der Waals surface area contributed by atoms with Crippen LogP contribution in [0.5, 0.6) is 0 Å². The third-order valence-electron chi connectivity index (χ3n) is 3.35. The number of para-hydroxylation sites is 1. The van der Waals surface area contributed by atoms with Crippen LogP contribution in [-0.4, -0.2) is 34.4 Å². The molecule has 1 atom stereocenters. The Labute approximate surface area is 117 Å². The smallest absolute Gasteiger partial charge is 0.246 e. The Morgan fingerprint density at radius 3 is 2.53 bits per heavy atom. The minimum Gasteiger partial charge on any atom is -0.324 e. The number of benzene rings is 1. The number of carbonyl (C=O) groups is 2. The van der Waals surface area contributed by atoms with Crippen LogP contribution < -0.4 is 5.32 Å². The molecule has 0 aromatic heterocycles. The van der Waals surface area contributed by atoms with Crippen LogP contribution in [0.4, 0.5) is 5.69 Å². The predicted molar refractivity (Wildman–Crippen MR) is 78.2 cm³/mol. The Hall–Kier alpha value is -1.49. The molecule has 0 radical (unpaired) electrons.